The Balaban J connectivity index is 1.07. The van der Waals surface area contributed by atoms with Crippen molar-refractivity contribution < 1.29 is 28.8 Å². The molecule has 0 spiro atoms. The van der Waals surface area contributed by atoms with Gasteiger partial charge in [0.15, 0.2) is 6.61 Å². The second kappa shape index (κ2) is 10.8. The van der Waals surface area contributed by atoms with Gasteiger partial charge in [-0.05, 0) is 54.0 Å². The molecular weight excluding hydrogens is 620 g/mol. The molecule has 14 heteroatoms. The highest BCUT2D eigenvalue weighted by atomic mass is 32.2. The maximum Gasteiger partial charge on any atom is 0.305 e. The van der Waals surface area contributed by atoms with Gasteiger partial charge in [0, 0.05) is 41.3 Å². The summed E-state index contributed by atoms with van der Waals surface area (Å²) in [6, 6.07) is 13.1. The van der Waals surface area contributed by atoms with Crippen LogP contribution in [0, 0.1) is 39.7 Å². The number of imide groups is 1. The van der Waals surface area contributed by atoms with Gasteiger partial charge in [0.1, 0.15) is 5.75 Å². The van der Waals surface area contributed by atoms with Crippen molar-refractivity contribution in [3.8, 4) is 5.75 Å². The van der Waals surface area contributed by atoms with Gasteiger partial charge in [-0.3, -0.25) is 34.2 Å². The Morgan fingerprint density at radius 3 is 2.38 bits per heavy atom. The maximum absolute atomic E-state index is 13.9. The van der Waals surface area contributed by atoms with Crippen LogP contribution in [0.4, 0.5) is 11.4 Å². The van der Waals surface area contributed by atoms with Gasteiger partial charge in [0.25, 0.3) is 11.6 Å². The number of fused-ring (bicyclic) bond motifs is 9. The number of thioether (sulfide) groups is 1. The van der Waals surface area contributed by atoms with Crippen molar-refractivity contribution in [1.29, 1.82) is 0 Å². The number of thiazole rings is 1. The summed E-state index contributed by atoms with van der Waals surface area (Å²) in [7, 11) is 0. The van der Waals surface area contributed by atoms with Crippen LogP contribution in [0.25, 0.3) is 0 Å². The van der Waals surface area contributed by atoms with Gasteiger partial charge in [0.05, 0.1) is 40.7 Å². The molecule has 232 valence electrons. The number of nitrogens with one attached hydrogen (secondary N) is 1. The predicted octanol–water partition coefficient (Wildman–Crippen LogP) is 3.26. The van der Waals surface area contributed by atoms with Gasteiger partial charge >= 0.3 is 4.87 Å². The molecule has 2 aromatic carbocycles. The molecular formula is C31H28N4O8S2. The first kappa shape index (κ1) is 28.5. The van der Waals surface area contributed by atoms with Crippen LogP contribution in [-0.2, 0) is 19.1 Å². The number of carbonyl (C=O) groups excluding carboxylic acids is 3. The number of anilines is 1. The van der Waals surface area contributed by atoms with Crippen molar-refractivity contribution in [3.63, 3.8) is 0 Å². The van der Waals surface area contributed by atoms with Crippen molar-refractivity contribution in [2.24, 2.45) is 29.6 Å². The normalized spacial score (nSPS) is 29.8. The summed E-state index contributed by atoms with van der Waals surface area (Å²) in [5, 5.41) is 12.0. The second-order valence-corrected chi connectivity index (χ2v) is 14.3. The Bertz CT molecular complexity index is 1770. The molecule has 3 aromatic rings. The molecule has 2 aliphatic carbocycles. The van der Waals surface area contributed by atoms with Gasteiger partial charge in [-0.25, -0.2) is 0 Å². The number of nitro benzene ring substituents is 1. The Hall–Kier alpha value is -4.01. The molecule has 2 bridgehead atoms. The first-order chi connectivity index (χ1) is 21.8. The van der Waals surface area contributed by atoms with Gasteiger partial charge in [0.2, 0.25) is 11.8 Å². The number of hydrogen-bond donors (Lipinski definition) is 1. The van der Waals surface area contributed by atoms with Crippen LogP contribution in [-0.4, -0.2) is 70.7 Å². The Kier molecular flexibility index (Phi) is 6.84. The third kappa shape index (κ3) is 4.52. The number of nitrogens with zero attached hydrogens (tertiary/aromatic N) is 3. The van der Waals surface area contributed by atoms with Crippen LogP contribution < -0.4 is 14.5 Å². The fourth-order valence-electron chi connectivity index (χ4n) is 8.19. The van der Waals surface area contributed by atoms with E-state index in [2.05, 4.69) is 4.98 Å². The van der Waals surface area contributed by atoms with E-state index in [0.29, 0.717) is 37.7 Å². The molecule has 0 unspecified atom stereocenters. The zero-order chi connectivity index (χ0) is 31.0. The molecule has 4 fully saturated rings. The summed E-state index contributed by atoms with van der Waals surface area (Å²) < 4.78 is 11.1. The van der Waals surface area contributed by atoms with Crippen LogP contribution in [0.15, 0.2) is 58.4 Å². The minimum Gasteiger partial charge on any atom is -0.484 e. The van der Waals surface area contributed by atoms with Crippen molar-refractivity contribution >= 4 is 52.2 Å². The van der Waals surface area contributed by atoms with Crippen molar-refractivity contribution in [3.05, 3.63) is 78.8 Å². The van der Waals surface area contributed by atoms with Crippen LogP contribution in [0.5, 0.6) is 5.75 Å². The van der Waals surface area contributed by atoms with Gasteiger partial charge in [-0.15, -0.1) is 11.8 Å². The minimum absolute atomic E-state index is 0.0310. The Labute approximate surface area is 264 Å². The number of nitro groups is 1. The highest BCUT2D eigenvalue weighted by molar-refractivity contribution is 8.00. The maximum atomic E-state index is 13.9. The number of non-ortho nitro benzene ring substituents is 1. The van der Waals surface area contributed by atoms with E-state index in [1.165, 1.54) is 40.5 Å². The van der Waals surface area contributed by atoms with Crippen LogP contribution >= 0.6 is 23.1 Å². The first-order valence-electron chi connectivity index (χ1n) is 14.9. The molecule has 8 rings (SSSR count). The average Bonchev–Trinajstić information content (AvgIpc) is 3.79. The molecule has 45 heavy (non-hydrogen) atoms. The van der Waals surface area contributed by atoms with Gasteiger partial charge in [-0.2, -0.15) is 0 Å². The molecule has 1 aromatic heterocycles. The quantitative estimate of drug-likeness (QED) is 0.241. The largest absolute Gasteiger partial charge is 0.484 e. The number of ether oxygens (including phenoxy) is 2. The van der Waals surface area contributed by atoms with Crippen LogP contribution in [0.3, 0.4) is 0 Å². The summed E-state index contributed by atoms with van der Waals surface area (Å²) in [6.45, 7) is 2.08. The van der Waals surface area contributed by atoms with E-state index < -0.39 is 16.8 Å². The summed E-state index contributed by atoms with van der Waals surface area (Å²) >= 11 is 2.80. The summed E-state index contributed by atoms with van der Waals surface area (Å²) in [6.07, 6.45) is 0.754. The fraction of sp³-hybridized carbons (Fsp3) is 0.419. The van der Waals surface area contributed by atoms with E-state index >= 15 is 0 Å². The standard InChI is InChI=1S/C31H28N4O8S2/c36-21(33-9-11-42-12-10-33)14-43-18-7-1-15(2-8-18)22-23-19-13-20(26(23)44-28-27(22)45-31(39)32-28)25-24(19)29(37)34(30(25)38)16-3-5-17(6-4-16)35(40)41/h1-8,19-20,22-26H,9-14H2,(H,32,39)/t19-,20-,22+,23-,24+,25+,26-/m1/s1. The van der Waals surface area contributed by atoms with Crippen molar-refractivity contribution in [2.75, 3.05) is 37.8 Å². The molecule has 12 nitrogen and oxygen atoms in total. The smallest absolute Gasteiger partial charge is 0.305 e. The number of H-pyrrole nitrogens is 1. The lowest BCUT2D eigenvalue weighted by atomic mass is 9.68. The number of aromatic nitrogens is 1. The highest BCUT2D eigenvalue weighted by Crippen LogP contribution is 2.68. The lowest BCUT2D eigenvalue weighted by Crippen LogP contribution is -2.43. The molecule has 2 saturated carbocycles. The highest BCUT2D eigenvalue weighted by Gasteiger charge is 2.69. The van der Waals surface area contributed by atoms with Crippen LogP contribution in [0.1, 0.15) is 22.8 Å². The lowest BCUT2D eigenvalue weighted by molar-refractivity contribution is -0.384. The van der Waals surface area contributed by atoms with Crippen molar-refractivity contribution in [1.82, 2.24) is 9.88 Å². The Morgan fingerprint density at radius 1 is 1.00 bits per heavy atom. The lowest BCUT2D eigenvalue weighted by Gasteiger charge is -2.43. The third-order valence-corrected chi connectivity index (χ3v) is 12.6. The monoisotopic (exact) mass is 648 g/mol. The van der Waals surface area contributed by atoms with Crippen molar-refractivity contribution in [2.45, 2.75) is 22.6 Å². The number of aromatic amines is 1. The molecule has 5 aliphatic rings. The van der Waals surface area contributed by atoms with E-state index in [1.807, 2.05) is 24.3 Å². The SMILES string of the molecule is O=C(COc1ccc([C@@H]2c3sc(=O)[nH]c3S[C@@H]3[C@@H]4C[C@@H]([C@@H]5C(=O)N(c6ccc([N+](=O)[O-])cc6)C(=O)[C@@H]45)[C@H]23)cc1)N1CCOCC1. The topological polar surface area (TPSA) is 152 Å². The molecule has 1 N–H and O–H groups in total. The van der Waals surface area contributed by atoms with E-state index in [9.17, 15) is 29.3 Å². The number of carbonyl (C=O) groups is 3. The molecule has 3 amide bonds. The average molecular weight is 649 g/mol. The molecule has 3 aliphatic heterocycles. The molecule has 2 saturated heterocycles. The molecule has 7 atom stereocenters. The molecule has 4 heterocycles. The zero-order valence-electron chi connectivity index (χ0n) is 23.8. The van der Waals surface area contributed by atoms with Crippen LogP contribution in [0.2, 0.25) is 0 Å². The van der Waals surface area contributed by atoms with E-state index in [0.717, 1.165) is 21.9 Å². The summed E-state index contributed by atoms with van der Waals surface area (Å²) in [5.74, 6) is -1.19. The van der Waals surface area contributed by atoms with Gasteiger partial charge in [-0.1, -0.05) is 23.5 Å². The van der Waals surface area contributed by atoms with E-state index in [1.54, 1.807) is 16.7 Å². The third-order valence-electron chi connectivity index (χ3n) is 10.0. The van der Waals surface area contributed by atoms with E-state index in [4.69, 9.17) is 9.47 Å². The van der Waals surface area contributed by atoms with Gasteiger partial charge < -0.3 is 19.4 Å². The zero-order valence-corrected chi connectivity index (χ0v) is 25.5. The van der Waals surface area contributed by atoms with E-state index in [-0.39, 0.29) is 63.8 Å². The number of morpholine rings is 1. The summed E-state index contributed by atoms with van der Waals surface area (Å²) in [4.78, 5) is 70.2. The predicted molar refractivity (Wildman–Crippen MR) is 163 cm³/mol. The summed E-state index contributed by atoms with van der Waals surface area (Å²) in [5.41, 5.74) is 1.23. The number of amides is 3. The number of benzene rings is 2. The molecule has 0 radical (unpaired) electrons. The Morgan fingerprint density at radius 2 is 1.69 bits per heavy atom. The minimum atomic E-state index is -0.513. The first-order valence-corrected chi connectivity index (χ1v) is 16.6. The fourth-order valence-corrected chi connectivity index (χ4v) is 11.1. The number of hydrogen-bond acceptors (Lipinski definition) is 10. The second-order valence-electron chi connectivity index (χ2n) is 12.1. The number of rotatable bonds is 6.